The Morgan fingerprint density at radius 2 is 1.56 bits per heavy atom. The van der Waals surface area contributed by atoms with E-state index >= 15 is 0 Å². The van der Waals surface area contributed by atoms with Crippen molar-refractivity contribution >= 4 is 35.4 Å². The van der Waals surface area contributed by atoms with Gasteiger partial charge in [0.2, 0.25) is 11.8 Å². The van der Waals surface area contributed by atoms with Crippen LogP contribution < -0.4 is 10.2 Å². The number of benzene rings is 1. The highest BCUT2D eigenvalue weighted by atomic mass is 16.6. The van der Waals surface area contributed by atoms with Crippen LogP contribution in [-0.2, 0) is 14.3 Å². The van der Waals surface area contributed by atoms with Gasteiger partial charge in [-0.1, -0.05) is 0 Å². The van der Waals surface area contributed by atoms with E-state index < -0.39 is 29.4 Å². The molecule has 1 spiro atoms. The molecule has 0 radical (unpaired) electrons. The predicted molar refractivity (Wildman–Crippen MR) is 188 cm³/mol. The number of piperidine rings is 5. The molecular formula is C38H54N6O6. The lowest BCUT2D eigenvalue weighted by atomic mass is 9.72. The summed E-state index contributed by atoms with van der Waals surface area (Å²) in [5, 5.41) is 2.27. The molecule has 1 unspecified atom stereocenters. The largest absolute Gasteiger partial charge is 0.444 e. The van der Waals surface area contributed by atoms with E-state index in [4.69, 9.17) is 4.74 Å². The maximum Gasteiger partial charge on any atom is 0.410 e. The van der Waals surface area contributed by atoms with Gasteiger partial charge >= 0.3 is 6.09 Å². The van der Waals surface area contributed by atoms with Crippen molar-refractivity contribution in [1.82, 2.24) is 24.9 Å². The Hall–Kier alpha value is -3.51. The summed E-state index contributed by atoms with van der Waals surface area (Å²) < 4.78 is 5.58. The first-order chi connectivity index (χ1) is 23.9. The third-order valence-electron chi connectivity index (χ3n) is 12.2. The number of anilines is 1. The first kappa shape index (κ1) is 34.9. The van der Waals surface area contributed by atoms with Gasteiger partial charge in [-0.3, -0.25) is 29.4 Å². The fourth-order valence-corrected chi connectivity index (χ4v) is 9.31. The van der Waals surface area contributed by atoms with Gasteiger partial charge in [-0.15, -0.1) is 0 Å². The van der Waals surface area contributed by atoms with Gasteiger partial charge in [0, 0.05) is 50.9 Å². The zero-order valence-corrected chi connectivity index (χ0v) is 30.1. The summed E-state index contributed by atoms with van der Waals surface area (Å²) in [6, 6.07) is 5.14. The van der Waals surface area contributed by atoms with E-state index in [1.165, 1.54) is 38.6 Å². The number of amides is 5. The molecule has 7 rings (SSSR count). The molecule has 1 aromatic rings. The number of hydrogen-bond donors (Lipinski definition) is 1. The van der Waals surface area contributed by atoms with E-state index in [9.17, 15) is 24.0 Å². The smallest absolute Gasteiger partial charge is 0.410 e. The number of imide groups is 2. The second-order valence-electron chi connectivity index (χ2n) is 16.7. The highest BCUT2D eigenvalue weighted by Gasteiger charge is 2.45. The van der Waals surface area contributed by atoms with Crippen molar-refractivity contribution in [3.63, 3.8) is 0 Å². The Kier molecular flexibility index (Phi) is 9.71. The van der Waals surface area contributed by atoms with Crippen LogP contribution >= 0.6 is 0 Å². The molecule has 0 aromatic heterocycles. The molecule has 5 saturated heterocycles. The summed E-state index contributed by atoms with van der Waals surface area (Å²) in [6.45, 7) is 14.9. The number of nitrogens with one attached hydrogen (secondary N) is 1. The van der Waals surface area contributed by atoms with Crippen molar-refractivity contribution in [3.8, 4) is 0 Å². The Morgan fingerprint density at radius 3 is 2.24 bits per heavy atom. The molecule has 5 amide bonds. The van der Waals surface area contributed by atoms with Gasteiger partial charge in [0.25, 0.3) is 11.8 Å². The van der Waals surface area contributed by atoms with Gasteiger partial charge in [-0.2, -0.15) is 0 Å². The van der Waals surface area contributed by atoms with E-state index in [-0.39, 0.29) is 30.3 Å². The fourth-order valence-electron chi connectivity index (χ4n) is 9.31. The monoisotopic (exact) mass is 690 g/mol. The molecule has 6 heterocycles. The molecule has 12 nitrogen and oxygen atoms in total. The van der Waals surface area contributed by atoms with Crippen molar-refractivity contribution in [3.05, 3.63) is 29.3 Å². The van der Waals surface area contributed by atoms with Gasteiger partial charge < -0.3 is 24.3 Å². The number of rotatable bonds is 5. The minimum atomic E-state index is -0.949. The second kappa shape index (κ2) is 13.9. The summed E-state index contributed by atoms with van der Waals surface area (Å²) in [4.78, 5) is 73.9. The van der Waals surface area contributed by atoms with Crippen LogP contribution in [0.15, 0.2) is 18.2 Å². The zero-order chi connectivity index (χ0) is 35.2. The highest BCUT2D eigenvalue weighted by molar-refractivity contribution is 6.23. The second-order valence-corrected chi connectivity index (χ2v) is 16.7. The molecule has 6 aliphatic heterocycles. The zero-order valence-electron chi connectivity index (χ0n) is 30.1. The van der Waals surface area contributed by atoms with Crippen molar-refractivity contribution in [2.75, 3.05) is 63.8 Å². The van der Waals surface area contributed by atoms with Crippen LogP contribution in [0.25, 0.3) is 0 Å². The van der Waals surface area contributed by atoms with Gasteiger partial charge in [0.15, 0.2) is 0 Å². The number of hydrogen-bond acceptors (Lipinski definition) is 9. The van der Waals surface area contributed by atoms with Gasteiger partial charge in [-0.25, -0.2) is 4.79 Å². The number of carbonyl (C=O) groups excluding carboxylic acids is 5. The molecule has 50 heavy (non-hydrogen) atoms. The van der Waals surface area contributed by atoms with E-state index in [1.54, 1.807) is 6.07 Å². The highest BCUT2D eigenvalue weighted by Crippen LogP contribution is 2.42. The van der Waals surface area contributed by atoms with Crippen LogP contribution in [0.2, 0.25) is 0 Å². The molecule has 12 heteroatoms. The Bertz CT molecular complexity index is 1500. The molecule has 272 valence electrons. The Balaban J connectivity index is 0.874. The standard InChI is InChI=1S/C38H54N6O6/c1-37(2,3)50-36(49)42-19-11-27(12-20-42)41-17-9-26(10-18-41)24-40-21-14-38(15-22-40)13-4-16-43(25-38)28-5-6-29-30(23-28)35(48)44(34(29)47)31-7-8-32(45)39-33(31)46/h5-6,23,26-27,31H,4,7-22,24-25H2,1-3H3,(H,39,45,46). The number of nitrogens with zero attached hydrogens (tertiary/aromatic N) is 5. The quantitative estimate of drug-likeness (QED) is 0.459. The van der Waals surface area contributed by atoms with Crippen molar-refractivity contribution in [2.24, 2.45) is 11.3 Å². The predicted octanol–water partition coefficient (Wildman–Crippen LogP) is 3.88. The minimum absolute atomic E-state index is 0.112. The SMILES string of the molecule is CC(C)(C)OC(=O)N1CCC(N2CCC(CN3CCC4(CCCN(c5ccc6c(c5)C(=O)N(C5CCC(=O)NC5=O)C6=O)C4)CC3)CC2)CC1. The number of carbonyl (C=O) groups is 5. The molecular weight excluding hydrogens is 636 g/mol. The third kappa shape index (κ3) is 7.28. The van der Waals surface area contributed by atoms with Crippen molar-refractivity contribution < 1.29 is 28.7 Å². The van der Waals surface area contributed by atoms with Crippen molar-refractivity contribution in [2.45, 2.75) is 103 Å². The lowest BCUT2D eigenvalue weighted by molar-refractivity contribution is -0.136. The molecule has 0 bridgehead atoms. The summed E-state index contributed by atoms with van der Waals surface area (Å²) in [5.41, 5.74) is 1.44. The summed E-state index contributed by atoms with van der Waals surface area (Å²) >= 11 is 0. The molecule has 5 fully saturated rings. The molecule has 1 aromatic carbocycles. The number of ether oxygens (including phenoxy) is 1. The van der Waals surface area contributed by atoms with Gasteiger partial charge in [0.05, 0.1) is 11.1 Å². The average molecular weight is 691 g/mol. The van der Waals surface area contributed by atoms with E-state index in [0.29, 0.717) is 17.2 Å². The Morgan fingerprint density at radius 1 is 0.860 bits per heavy atom. The normalized spacial score (nSPS) is 26.1. The Labute approximate surface area is 295 Å². The summed E-state index contributed by atoms with van der Waals surface area (Å²) in [7, 11) is 0. The van der Waals surface area contributed by atoms with E-state index in [2.05, 4.69) is 20.0 Å². The van der Waals surface area contributed by atoms with Crippen LogP contribution in [0.1, 0.15) is 106 Å². The number of likely N-dealkylation sites (tertiary alicyclic amines) is 3. The van der Waals surface area contributed by atoms with Gasteiger partial charge in [-0.05, 0) is 134 Å². The maximum atomic E-state index is 13.4. The lowest BCUT2D eigenvalue weighted by Crippen LogP contribution is -2.54. The summed E-state index contributed by atoms with van der Waals surface area (Å²) in [5.74, 6) is -1.13. The third-order valence-corrected chi connectivity index (χ3v) is 12.2. The van der Waals surface area contributed by atoms with E-state index in [1.807, 2.05) is 37.8 Å². The average Bonchev–Trinajstić information content (AvgIpc) is 3.34. The van der Waals surface area contributed by atoms with Crippen LogP contribution in [0.4, 0.5) is 10.5 Å². The molecule has 1 N–H and O–H groups in total. The first-order valence-corrected chi connectivity index (χ1v) is 18.9. The molecule has 0 saturated carbocycles. The van der Waals surface area contributed by atoms with E-state index in [0.717, 1.165) is 88.1 Å². The van der Waals surface area contributed by atoms with Gasteiger partial charge in [0.1, 0.15) is 11.6 Å². The molecule has 0 aliphatic carbocycles. The van der Waals surface area contributed by atoms with Crippen LogP contribution in [0.5, 0.6) is 0 Å². The first-order valence-electron chi connectivity index (χ1n) is 18.9. The lowest BCUT2D eigenvalue weighted by Gasteiger charge is -2.49. The summed E-state index contributed by atoms with van der Waals surface area (Å²) in [6.07, 6.45) is 9.27. The molecule has 1 atom stereocenters. The fraction of sp³-hybridized carbons (Fsp3) is 0.711. The topological polar surface area (TPSA) is 123 Å². The maximum absolute atomic E-state index is 13.4. The molecule has 6 aliphatic rings. The minimum Gasteiger partial charge on any atom is -0.444 e. The van der Waals surface area contributed by atoms with Crippen LogP contribution in [0.3, 0.4) is 0 Å². The van der Waals surface area contributed by atoms with Crippen LogP contribution in [-0.4, -0.2) is 126 Å². The van der Waals surface area contributed by atoms with Crippen molar-refractivity contribution in [1.29, 1.82) is 0 Å². The number of fused-ring (bicyclic) bond motifs is 1. The van der Waals surface area contributed by atoms with Crippen LogP contribution in [0, 0.1) is 11.3 Å².